The molecule has 0 amide bonds. The van der Waals surface area contributed by atoms with Gasteiger partial charge in [0.1, 0.15) is 5.75 Å². The van der Waals surface area contributed by atoms with E-state index in [9.17, 15) is 23.1 Å². The average molecular weight is 330 g/mol. The van der Waals surface area contributed by atoms with Gasteiger partial charge in [-0.25, -0.2) is 9.78 Å². The predicted molar refractivity (Wildman–Crippen MR) is 56.6 cm³/mol. The Morgan fingerprint density at radius 1 is 1.56 bits per heavy atom. The second kappa shape index (κ2) is 5.42. The van der Waals surface area contributed by atoms with Crippen molar-refractivity contribution >= 4 is 21.9 Å². The number of carbonyl (C=O) groups excluding carboxylic acids is 1. The molecule has 1 heterocycles. The number of carbonyl (C=O) groups is 1. The van der Waals surface area contributed by atoms with Crippen LogP contribution in [0.15, 0.2) is 6.07 Å². The minimum Gasteiger partial charge on any atom is -0.506 e. The average Bonchev–Trinajstić information content (AvgIpc) is 2.26. The Hall–Kier alpha value is -1.51. The van der Waals surface area contributed by atoms with Crippen LogP contribution in [0.4, 0.5) is 13.2 Å². The molecule has 9 heteroatoms. The van der Waals surface area contributed by atoms with Gasteiger partial charge >= 0.3 is 12.3 Å². The molecular weight excluding hydrogens is 323 g/mol. The summed E-state index contributed by atoms with van der Waals surface area (Å²) in [6.45, 7) is 0. The molecule has 0 bridgehead atoms. The Bertz CT molecular complexity index is 464. The summed E-state index contributed by atoms with van der Waals surface area (Å²) in [5.74, 6) is -2.55. The van der Waals surface area contributed by atoms with Crippen molar-refractivity contribution < 1.29 is 32.5 Å². The fourth-order valence-corrected chi connectivity index (χ4v) is 1.48. The largest absolute Gasteiger partial charge is 0.573 e. The van der Waals surface area contributed by atoms with Crippen molar-refractivity contribution in [1.82, 2.24) is 4.98 Å². The molecule has 0 fully saturated rings. The monoisotopic (exact) mass is 329 g/mol. The van der Waals surface area contributed by atoms with Crippen molar-refractivity contribution in [2.45, 2.75) is 11.7 Å². The van der Waals surface area contributed by atoms with Crippen molar-refractivity contribution in [2.75, 3.05) is 7.11 Å². The summed E-state index contributed by atoms with van der Waals surface area (Å²) < 4.78 is 44.2. The maximum atomic E-state index is 12.1. The number of ether oxygens (including phenoxy) is 2. The molecule has 0 spiro atoms. The molecule has 100 valence electrons. The number of halogens is 4. The number of aromatic nitrogens is 1. The smallest absolute Gasteiger partial charge is 0.506 e. The van der Waals surface area contributed by atoms with Gasteiger partial charge in [0.2, 0.25) is 0 Å². The number of pyridine rings is 1. The minimum atomic E-state index is -5.01. The molecule has 0 saturated carbocycles. The summed E-state index contributed by atoms with van der Waals surface area (Å²) in [6.07, 6.45) is -5.01. The van der Waals surface area contributed by atoms with Gasteiger partial charge in [-0.2, -0.15) is 0 Å². The van der Waals surface area contributed by atoms with E-state index < -0.39 is 29.5 Å². The number of rotatable bonds is 3. The molecule has 0 aliphatic rings. The summed E-state index contributed by atoms with van der Waals surface area (Å²) in [5, 5.41) is 9.43. The summed E-state index contributed by atoms with van der Waals surface area (Å²) in [4.78, 5) is 14.8. The third kappa shape index (κ3) is 3.49. The van der Waals surface area contributed by atoms with Crippen LogP contribution < -0.4 is 4.74 Å². The Kier molecular flexibility index (Phi) is 4.38. The molecule has 1 rings (SSSR count). The van der Waals surface area contributed by atoms with Crippen molar-refractivity contribution in [2.24, 2.45) is 0 Å². The number of esters is 1. The van der Waals surface area contributed by atoms with Gasteiger partial charge in [0.15, 0.2) is 11.4 Å². The maximum Gasteiger partial charge on any atom is 0.573 e. The number of nitrogens with zero attached hydrogens (tertiary/aromatic N) is 1. The van der Waals surface area contributed by atoms with E-state index in [1.165, 1.54) is 0 Å². The van der Waals surface area contributed by atoms with Crippen LogP contribution in [0.25, 0.3) is 0 Å². The summed E-state index contributed by atoms with van der Waals surface area (Å²) in [7, 11) is 0.988. The Labute approximate surface area is 108 Å². The summed E-state index contributed by atoms with van der Waals surface area (Å²) in [6, 6.07) is 0.656. The quantitative estimate of drug-likeness (QED) is 0.681. The summed E-state index contributed by atoms with van der Waals surface area (Å²) >= 11 is 2.96. The highest BCUT2D eigenvalue weighted by molar-refractivity contribution is 9.08. The number of aromatic hydroxyl groups is 1. The maximum absolute atomic E-state index is 12.1. The lowest BCUT2D eigenvalue weighted by molar-refractivity contribution is -0.274. The van der Waals surface area contributed by atoms with Gasteiger partial charge in [0.25, 0.3) is 0 Å². The zero-order valence-corrected chi connectivity index (χ0v) is 10.5. The van der Waals surface area contributed by atoms with Crippen LogP contribution in [0.1, 0.15) is 16.2 Å². The fraction of sp³-hybridized carbons (Fsp3) is 0.333. The lowest BCUT2D eigenvalue weighted by atomic mass is 10.2. The third-order valence-corrected chi connectivity index (χ3v) is 2.31. The first-order valence-corrected chi connectivity index (χ1v) is 5.53. The SMILES string of the molecule is COC(=O)c1nc(CBr)c(O)cc1OC(F)(F)F. The lowest BCUT2D eigenvalue weighted by Crippen LogP contribution is -2.20. The van der Waals surface area contributed by atoms with E-state index in [2.05, 4.69) is 30.4 Å². The molecule has 0 unspecified atom stereocenters. The fourth-order valence-electron chi connectivity index (χ4n) is 1.07. The van der Waals surface area contributed by atoms with E-state index in [1.54, 1.807) is 0 Å². The summed E-state index contributed by atoms with van der Waals surface area (Å²) in [5.41, 5.74) is -0.674. The standard InChI is InChI=1S/C9H7BrF3NO4/c1-17-8(16)7-6(18-9(11,12)13)2-5(15)4(3-10)14-7/h2,15H,3H2,1H3. The van der Waals surface area contributed by atoms with Gasteiger partial charge in [0.05, 0.1) is 12.8 Å². The number of hydrogen-bond donors (Lipinski definition) is 1. The van der Waals surface area contributed by atoms with Gasteiger partial charge in [-0.15, -0.1) is 13.2 Å². The van der Waals surface area contributed by atoms with E-state index in [-0.39, 0.29) is 11.0 Å². The molecule has 1 aromatic heterocycles. The van der Waals surface area contributed by atoms with E-state index in [4.69, 9.17) is 0 Å². The molecule has 1 aromatic rings. The third-order valence-electron chi connectivity index (χ3n) is 1.77. The van der Waals surface area contributed by atoms with E-state index in [0.29, 0.717) is 6.07 Å². The van der Waals surface area contributed by atoms with E-state index >= 15 is 0 Å². The first kappa shape index (κ1) is 14.6. The Morgan fingerprint density at radius 2 is 2.17 bits per heavy atom. The molecule has 18 heavy (non-hydrogen) atoms. The first-order chi connectivity index (χ1) is 8.28. The van der Waals surface area contributed by atoms with Crippen LogP contribution in [0.3, 0.4) is 0 Å². The molecule has 0 aromatic carbocycles. The number of alkyl halides is 4. The lowest BCUT2D eigenvalue weighted by Gasteiger charge is -2.13. The van der Waals surface area contributed by atoms with Gasteiger partial charge in [0, 0.05) is 11.4 Å². The molecule has 5 nitrogen and oxygen atoms in total. The van der Waals surface area contributed by atoms with Crippen LogP contribution in [0.2, 0.25) is 0 Å². The van der Waals surface area contributed by atoms with Crippen molar-refractivity contribution in [3.8, 4) is 11.5 Å². The Balaban J connectivity index is 3.30. The van der Waals surface area contributed by atoms with Crippen LogP contribution >= 0.6 is 15.9 Å². The molecule has 0 saturated heterocycles. The molecule has 0 aliphatic heterocycles. The molecule has 0 aliphatic carbocycles. The Morgan fingerprint density at radius 3 is 2.61 bits per heavy atom. The zero-order chi connectivity index (χ0) is 13.9. The molecule has 0 radical (unpaired) electrons. The highest BCUT2D eigenvalue weighted by Gasteiger charge is 2.34. The van der Waals surface area contributed by atoms with Gasteiger partial charge in [-0.1, -0.05) is 15.9 Å². The minimum absolute atomic E-state index is 0.00933. The van der Waals surface area contributed by atoms with Crippen LogP contribution in [0, 0.1) is 0 Å². The van der Waals surface area contributed by atoms with Gasteiger partial charge in [-0.05, 0) is 0 Å². The van der Waals surface area contributed by atoms with Crippen molar-refractivity contribution in [1.29, 1.82) is 0 Å². The number of methoxy groups -OCH3 is 1. The van der Waals surface area contributed by atoms with Crippen molar-refractivity contribution in [3.63, 3.8) is 0 Å². The van der Waals surface area contributed by atoms with Gasteiger partial charge < -0.3 is 14.6 Å². The van der Waals surface area contributed by atoms with Crippen molar-refractivity contribution in [3.05, 3.63) is 17.5 Å². The zero-order valence-electron chi connectivity index (χ0n) is 8.92. The first-order valence-electron chi connectivity index (χ1n) is 4.41. The van der Waals surface area contributed by atoms with Crippen LogP contribution in [-0.4, -0.2) is 29.5 Å². The molecule has 1 N–H and O–H groups in total. The normalized spacial score (nSPS) is 11.2. The topological polar surface area (TPSA) is 68.7 Å². The predicted octanol–water partition coefficient (Wildman–Crippen LogP) is 2.37. The van der Waals surface area contributed by atoms with Crippen LogP contribution in [-0.2, 0) is 10.1 Å². The number of hydrogen-bond acceptors (Lipinski definition) is 5. The second-order valence-electron chi connectivity index (χ2n) is 2.97. The highest BCUT2D eigenvalue weighted by Crippen LogP contribution is 2.31. The van der Waals surface area contributed by atoms with Crippen LogP contribution in [0.5, 0.6) is 11.5 Å². The molecular formula is C9H7BrF3NO4. The van der Waals surface area contributed by atoms with E-state index in [1.807, 2.05) is 0 Å². The van der Waals surface area contributed by atoms with E-state index in [0.717, 1.165) is 7.11 Å². The van der Waals surface area contributed by atoms with Gasteiger partial charge in [-0.3, -0.25) is 0 Å². The molecule has 0 atom stereocenters. The highest BCUT2D eigenvalue weighted by atomic mass is 79.9. The second-order valence-corrected chi connectivity index (χ2v) is 3.53.